The Morgan fingerprint density at radius 3 is 2.27 bits per heavy atom. The predicted molar refractivity (Wildman–Crippen MR) is 102 cm³/mol. The molecule has 0 spiro atoms. The lowest BCUT2D eigenvalue weighted by Crippen LogP contribution is -2.06. The van der Waals surface area contributed by atoms with Crippen molar-refractivity contribution in [3.8, 4) is 23.3 Å². The van der Waals surface area contributed by atoms with Crippen LogP contribution >= 0.6 is 0 Å². The highest BCUT2D eigenvalue weighted by atomic mass is 19.1. The monoisotopic (exact) mass is 414 g/mol. The van der Waals surface area contributed by atoms with Crippen molar-refractivity contribution >= 4 is 11.5 Å². The Morgan fingerprint density at radius 1 is 0.933 bits per heavy atom. The molecule has 7 nitrogen and oxygen atoms in total. The van der Waals surface area contributed by atoms with Crippen molar-refractivity contribution in [2.75, 3.05) is 14.2 Å². The molecule has 1 heterocycles. The Kier molecular flexibility index (Phi) is 6.53. The number of methoxy groups -OCH3 is 2. The normalized spacial score (nSPS) is 11.0. The van der Waals surface area contributed by atoms with Gasteiger partial charge in [-0.3, -0.25) is 0 Å². The topological polar surface area (TPSA) is 79.8 Å². The van der Waals surface area contributed by atoms with Crippen LogP contribution in [0.25, 0.3) is 5.57 Å². The smallest absolute Gasteiger partial charge is 0.341 e. The van der Waals surface area contributed by atoms with Crippen LogP contribution in [0.15, 0.2) is 61.1 Å². The molecule has 0 saturated carbocycles. The fraction of sp³-hybridized carbons (Fsp3) is 0.0952. The number of esters is 1. The highest BCUT2D eigenvalue weighted by Gasteiger charge is 2.19. The number of para-hydroxylation sites is 2. The second kappa shape index (κ2) is 9.46. The van der Waals surface area contributed by atoms with Crippen molar-refractivity contribution < 1.29 is 32.5 Å². The third kappa shape index (κ3) is 4.69. The van der Waals surface area contributed by atoms with E-state index < -0.39 is 23.4 Å². The summed E-state index contributed by atoms with van der Waals surface area (Å²) in [5, 5.41) is 0. The largest absolute Gasteiger partial charge is 0.503 e. The maximum Gasteiger partial charge on any atom is 0.341 e. The molecule has 0 atom stereocenters. The molecule has 0 aliphatic rings. The summed E-state index contributed by atoms with van der Waals surface area (Å²) in [6, 6.07) is 11.2. The molecule has 0 saturated heterocycles. The van der Waals surface area contributed by atoms with E-state index in [1.165, 1.54) is 32.6 Å². The van der Waals surface area contributed by atoms with Crippen molar-refractivity contribution in [3.05, 3.63) is 78.3 Å². The summed E-state index contributed by atoms with van der Waals surface area (Å²) in [6.07, 6.45) is 2.34. The first-order chi connectivity index (χ1) is 14.5. The quantitative estimate of drug-likeness (QED) is 0.320. The van der Waals surface area contributed by atoms with E-state index in [0.29, 0.717) is 5.56 Å². The number of carbonyl (C=O) groups excluding carboxylic acids is 1. The highest BCUT2D eigenvalue weighted by Crippen LogP contribution is 2.32. The molecular weight excluding hydrogens is 398 g/mol. The fourth-order valence-corrected chi connectivity index (χ4v) is 2.46. The number of halogens is 2. The lowest BCUT2D eigenvalue weighted by atomic mass is 10.1. The van der Waals surface area contributed by atoms with Crippen LogP contribution < -0.4 is 9.47 Å². The van der Waals surface area contributed by atoms with Crippen molar-refractivity contribution in [3.63, 3.8) is 0 Å². The van der Waals surface area contributed by atoms with Gasteiger partial charge in [-0.2, -0.15) is 0 Å². The molecule has 2 aromatic carbocycles. The van der Waals surface area contributed by atoms with Gasteiger partial charge in [-0.15, -0.1) is 0 Å². The SMILES string of the molecule is CO/C=C(/C(=O)OC)c1ccccc1Oc1cc(Oc2c(F)cccc2F)ncn1. The Hall–Kier alpha value is -4.01. The van der Waals surface area contributed by atoms with E-state index in [9.17, 15) is 13.6 Å². The third-order valence-electron chi connectivity index (χ3n) is 3.78. The van der Waals surface area contributed by atoms with Gasteiger partial charge in [0.25, 0.3) is 0 Å². The number of carbonyl (C=O) groups is 1. The molecule has 0 N–H and O–H groups in total. The number of benzene rings is 2. The third-order valence-corrected chi connectivity index (χ3v) is 3.78. The number of hydrogen-bond donors (Lipinski definition) is 0. The van der Waals surface area contributed by atoms with Crippen LogP contribution in [0, 0.1) is 11.6 Å². The Morgan fingerprint density at radius 2 is 1.60 bits per heavy atom. The molecule has 9 heteroatoms. The van der Waals surface area contributed by atoms with Crippen LogP contribution in [0.2, 0.25) is 0 Å². The average molecular weight is 414 g/mol. The second-order valence-electron chi connectivity index (χ2n) is 5.70. The Bertz CT molecular complexity index is 1070. The van der Waals surface area contributed by atoms with Crippen LogP contribution in [0.1, 0.15) is 5.56 Å². The minimum Gasteiger partial charge on any atom is -0.503 e. The van der Waals surface area contributed by atoms with Gasteiger partial charge in [0.2, 0.25) is 17.5 Å². The van der Waals surface area contributed by atoms with E-state index in [2.05, 4.69) is 9.97 Å². The maximum atomic E-state index is 13.8. The van der Waals surface area contributed by atoms with Gasteiger partial charge in [0, 0.05) is 5.56 Å². The summed E-state index contributed by atoms with van der Waals surface area (Å²) in [5.74, 6) is -2.85. The Balaban J connectivity index is 1.91. The number of nitrogens with zero attached hydrogens (tertiary/aromatic N) is 2. The molecule has 0 amide bonds. The molecule has 0 fully saturated rings. The van der Waals surface area contributed by atoms with Gasteiger partial charge in [0.05, 0.1) is 26.5 Å². The first-order valence-corrected chi connectivity index (χ1v) is 8.56. The summed E-state index contributed by atoms with van der Waals surface area (Å²) < 4.78 is 48.3. The van der Waals surface area contributed by atoms with E-state index >= 15 is 0 Å². The zero-order chi connectivity index (χ0) is 21.5. The lowest BCUT2D eigenvalue weighted by Gasteiger charge is -2.12. The molecule has 154 valence electrons. The molecule has 0 aliphatic heterocycles. The first-order valence-electron chi connectivity index (χ1n) is 8.56. The number of rotatable bonds is 7. The number of aromatic nitrogens is 2. The van der Waals surface area contributed by atoms with E-state index in [1.807, 2.05) is 0 Å². The zero-order valence-corrected chi connectivity index (χ0v) is 16.0. The van der Waals surface area contributed by atoms with Gasteiger partial charge >= 0.3 is 5.97 Å². The van der Waals surface area contributed by atoms with E-state index in [1.54, 1.807) is 24.3 Å². The fourth-order valence-electron chi connectivity index (χ4n) is 2.46. The number of hydrogen-bond acceptors (Lipinski definition) is 7. The molecule has 0 bridgehead atoms. The summed E-state index contributed by atoms with van der Waals surface area (Å²) in [4.78, 5) is 19.9. The molecule has 30 heavy (non-hydrogen) atoms. The van der Waals surface area contributed by atoms with Crippen molar-refractivity contribution in [1.82, 2.24) is 9.97 Å². The van der Waals surface area contributed by atoms with E-state index in [0.717, 1.165) is 18.5 Å². The minimum atomic E-state index is -0.881. The van der Waals surface area contributed by atoms with Crippen LogP contribution in [0.4, 0.5) is 8.78 Å². The summed E-state index contributed by atoms with van der Waals surface area (Å²) in [6.45, 7) is 0. The average Bonchev–Trinajstić information content (AvgIpc) is 2.75. The highest BCUT2D eigenvalue weighted by molar-refractivity contribution is 6.17. The second-order valence-corrected chi connectivity index (χ2v) is 5.70. The predicted octanol–water partition coefficient (Wildman–Crippen LogP) is 4.50. The standard InChI is InChI=1S/C21H16F2N2O5/c1-27-11-14(21(26)28-2)13-6-3-4-9-17(13)29-18-10-19(25-12-24-18)30-20-15(22)7-5-8-16(20)23/h3-12H,1-2H3/b14-11+. The van der Waals surface area contributed by atoms with Gasteiger partial charge in [-0.25, -0.2) is 23.5 Å². The molecule has 0 unspecified atom stereocenters. The van der Waals surface area contributed by atoms with Crippen molar-refractivity contribution in [2.45, 2.75) is 0 Å². The maximum absolute atomic E-state index is 13.8. The summed E-state index contributed by atoms with van der Waals surface area (Å²) in [5.41, 5.74) is 0.502. The zero-order valence-electron chi connectivity index (χ0n) is 16.0. The molecule has 0 radical (unpaired) electrons. The van der Waals surface area contributed by atoms with Gasteiger partial charge in [0.15, 0.2) is 11.6 Å². The molecule has 3 rings (SSSR count). The van der Waals surface area contributed by atoms with Gasteiger partial charge < -0.3 is 18.9 Å². The lowest BCUT2D eigenvalue weighted by molar-refractivity contribution is -0.133. The van der Waals surface area contributed by atoms with Gasteiger partial charge in [-0.05, 0) is 18.2 Å². The van der Waals surface area contributed by atoms with E-state index in [4.69, 9.17) is 18.9 Å². The Labute approximate surface area is 170 Å². The van der Waals surface area contributed by atoms with Crippen LogP contribution in [-0.4, -0.2) is 30.2 Å². The number of ether oxygens (including phenoxy) is 4. The van der Waals surface area contributed by atoms with Crippen LogP contribution in [0.3, 0.4) is 0 Å². The molecular formula is C21H16F2N2O5. The minimum absolute atomic E-state index is 0.0193. The van der Waals surface area contributed by atoms with Gasteiger partial charge in [-0.1, -0.05) is 24.3 Å². The van der Waals surface area contributed by atoms with Crippen LogP contribution in [0.5, 0.6) is 23.3 Å². The van der Waals surface area contributed by atoms with E-state index in [-0.39, 0.29) is 23.1 Å². The summed E-state index contributed by atoms with van der Waals surface area (Å²) in [7, 11) is 2.63. The van der Waals surface area contributed by atoms with Gasteiger partial charge in [0.1, 0.15) is 17.6 Å². The first kappa shape index (κ1) is 20.7. The molecule has 1 aromatic heterocycles. The molecule has 3 aromatic rings. The van der Waals surface area contributed by atoms with Crippen molar-refractivity contribution in [1.29, 1.82) is 0 Å². The van der Waals surface area contributed by atoms with Crippen LogP contribution in [-0.2, 0) is 14.3 Å². The molecule has 0 aliphatic carbocycles. The van der Waals surface area contributed by atoms with Crippen molar-refractivity contribution in [2.24, 2.45) is 0 Å². The summed E-state index contributed by atoms with van der Waals surface area (Å²) >= 11 is 0.